The van der Waals surface area contributed by atoms with Crippen LogP contribution in [-0.2, 0) is 20.9 Å². The van der Waals surface area contributed by atoms with Gasteiger partial charge in [0.25, 0.3) is 5.91 Å². The van der Waals surface area contributed by atoms with Gasteiger partial charge in [0.05, 0.1) is 30.1 Å². The number of fused-ring (bicyclic) bond motifs is 1. The number of carbonyl (C=O) groups is 3. The highest BCUT2D eigenvalue weighted by Crippen LogP contribution is 2.28. The Bertz CT molecular complexity index is 1380. The lowest BCUT2D eigenvalue weighted by Gasteiger charge is -2.38. The number of esters is 1. The monoisotopic (exact) mass is 561 g/mol. The lowest BCUT2D eigenvalue weighted by Crippen LogP contribution is -2.59. The maximum atomic E-state index is 13.3. The van der Waals surface area contributed by atoms with Crippen molar-refractivity contribution in [2.75, 3.05) is 6.61 Å². The number of hydrogen-bond acceptors (Lipinski definition) is 7. The molecule has 2 aromatic carbocycles. The van der Waals surface area contributed by atoms with Gasteiger partial charge in [0.15, 0.2) is 0 Å². The van der Waals surface area contributed by atoms with Crippen LogP contribution in [0.25, 0.3) is 10.9 Å². The van der Waals surface area contributed by atoms with Gasteiger partial charge in [0, 0.05) is 22.2 Å². The average molecular weight is 562 g/mol. The van der Waals surface area contributed by atoms with Crippen LogP contribution in [0, 0.1) is 12.8 Å². The molecule has 1 fully saturated rings. The first-order valence-corrected chi connectivity index (χ1v) is 14.1. The fourth-order valence-corrected chi connectivity index (χ4v) is 5.15. The second-order valence-corrected chi connectivity index (χ2v) is 11.3. The molecule has 218 valence electrons. The molecule has 1 aliphatic rings. The molecule has 1 heterocycles. The van der Waals surface area contributed by atoms with E-state index in [1.165, 1.54) is 0 Å². The fourth-order valence-electron chi connectivity index (χ4n) is 5.15. The van der Waals surface area contributed by atoms with E-state index in [1.54, 1.807) is 52.0 Å². The number of pyridine rings is 1. The lowest BCUT2D eigenvalue weighted by molar-refractivity contribution is -0.150. The first-order valence-electron chi connectivity index (χ1n) is 14.1. The Balaban J connectivity index is 1.45. The Morgan fingerprint density at radius 1 is 1.00 bits per heavy atom. The molecule has 9 heteroatoms. The molecule has 0 bridgehead atoms. The van der Waals surface area contributed by atoms with Gasteiger partial charge in [0.2, 0.25) is 0 Å². The largest absolute Gasteiger partial charge is 0.489 e. The van der Waals surface area contributed by atoms with Crippen LogP contribution >= 0.6 is 0 Å². The molecular weight excluding hydrogens is 522 g/mol. The van der Waals surface area contributed by atoms with Crippen LogP contribution in [0.15, 0.2) is 54.6 Å². The summed E-state index contributed by atoms with van der Waals surface area (Å²) in [5.74, 6) is -0.721. The minimum Gasteiger partial charge on any atom is -0.489 e. The number of carbonyl (C=O) groups excluding carboxylic acids is 3. The molecule has 3 atom stereocenters. The summed E-state index contributed by atoms with van der Waals surface area (Å²) in [6.07, 6.45) is 1.25. The Hall–Kier alpha value is -4.14. The highest BCUT2D eigenvalue weighted by molar-refractivity contribution is 5.95. The van der Waals surface area contributed by atoms with Crippen molar-refractivity contribution in [2.45, 2.75) is 78.2 Å². The summed E-state index contributed by atoms with van der Waals surface area (Å²) in [4.78, 5) is 43.2. The molecule has 2 amide bonds. The van der Waals surface area contributed by atoms with E-state index in [9.17, 15) is 14.4 Å². The van der Waals surface area contributed by atoms with Crippen molar-refractivity contribution in [1.82, 2.24) is 15.6 Å². The van der Waals surface area contributed by atoms with Crippen molar-refractivity contribution < 1.29 is 28.6 Å². The van der Waals surface area contributed by atoms with Crippen LogP contribution in [0.2, 0.25) is 0 Å². The molecule has 1 aliphatic carbocycles. The Kier molecular flexibility index (Phi) is 9.47. The number of hydrogen-bond donors (Lipinski definition) is 2. The summed E-state index contributed by atoms with van der Waals surface area (Å²) in [5.41, 5.74) is 2.59. The number of ether oxygens (including phenoxy) is 3. The second kappa shape index (κ2) is 13.0. The molecule has 41 heavy (non-hydrogen) atoms. The SMILES string of the molecule is CCOC(=O)C1CCC[C@H](NC(=O)OC(C)(C)C)C1NC(=O)c1ccc(OCc2cc(C)nc3ccccc23)cc1. The number of benzene rings is 2. The molecule has 1 aromatic heterocycles. The van der Waals surface area contributed by atoms with Gasteiger partial charge in [-0.1, -0.05) is 24.6 Å². The van der Waals surface area contributed by atoms with Crippen molar-refractivity contribution in [1.29, 1.82) is 0 Å². The third-order valence-electron chi connectivity index (χ3n) is 6.93. The first kappa shape index (κ1) is 29.8. The van der Waals surface area contributed by atoms with Gasteiger partial charge < -0.3 is 24.8 Å². The van der Waals surface area contributed by atoms with Gasteiger partial charge >= 0.3 is 12.1 Å². The summed E-state index contributed by atoms with van der Waals surface area (Å²) in [6, 6.07) is 15.6. The van der Waals surface area contributed by atoms with E-state index in [2.05, 4.69) is 15.6 Å². The number of nitrogens with zero attached hydrogens (tertiary/aromatic N) is 1. The molecule has 0 saturated heterocycles. The summed E-state index contributed by atoms with van der Waals surface area (Å²) in [6.45, 7) is 9.63. The predicted octanol–water partition coefficient (Wildman–Crippen LogP) is 5.48. The molecule has 3 aromatic rings. The Labute approximate surface area is 241 Å². The van der Waals surface area contributed by atoms with Gasteiger partial charge in [-0.25, -0.2) is 4.79 Å². The van der Waals surface area contributed by atoms with E-state index in [4.69, 9.17) is 14.2 Å². The van der Waals surface area contributed by atoms with Crippen LogP contribution in [0.4, 0.5) is 4.79 Å². The van der Waals surface area contributed by atoms with E-state index in [-0.39, 0.29) is 12.5 Å². The van der Waals surface area contributed by atoms with Crippen molar-refractivity contribution in [3.8, 4) is 5.75 Å². The minimum atomic E-state index is -0.675. The molecule has 0 radical (unpaired) electrons. The van der Waals surface area contributed by atoms with E-state index in [0.717, 1.165) is 22.2 Å². The minimum absolute atomic E-state index is 0.233. The molecule has 0 aliphatic heterocycles. The third kappa shape index (κ3) is 7.96. The number of aryl methyl sites for hydroxylation is 1. The standard InChI is InChI=1S/C32H39N3O6/c1-6-39-30(37)25-11-9-13-27(34-31(38)41-32(3,4)5)28(25)35-29(36)21-14-16-23(17-15-21)40-19-22-18-20(2)33-26-12-8-7-10-24(22)26/h7-8,10,12,14-18,25,27-28H,6,9,11,13,19H2,1-5H3,(H,34,38)(H,35,36)/t25?,27-,28?/m0/s1. The molecule has 2 N–H and O–H groups in total. The first-order chi connectivity index (χ1) is 19.5. The number of rotatable bonds is 8. The Morgan fingerprint density at radius 2 is 1.73 bits per heavy atom. The smallest absolute Gasteiger partial charge is 0.407 e. The van der Waals surface area contributed by atoms with Crippen LogP contribution in [0.5, 0.6) is 5.75 Å². The Morgan fingerprint density at radius 3 is 2.44 bits per heavy atom. The summed E-state index contributed by atoms with van der Waals surface area (Å²) in [5, 5.41) is 6.88. The summed E-state index contributed by atoms with van der Waals surface area (Å²) in [7, 11) is 0. The van der Waals surface area contributed by atoms with Crippen molar-refractivity contribution >= 4 is 28.9 Å². The molecular formula is C32H39N3O6. The predicted molar refractivity (Wildman–Crippen MR) is 156 cm³/mol. The molecule has 9 nitrogen and oxygen atoms in total. The van der Waals surface area contributed by atoms with Crippen LogP contribution in [0.3, 0.4) is 0 Å². The van der Waals surface area contributed by atoms with Crippen LogP contribution in [0.1, 0.15) is 68.6 Å². The van der Waals surface area contributed by atoms with E-state index in [0.29, 0.717) is 37.2 Å². The van der Waals surface area contributed by atoms with Crippen molar-refractivity contribution in [2.24, 2.45) is 5.92 Å². The normalized spacial score (nSPS) is 18.8. The van der Waals surface area contributed by atoms with Crippen molar-refractivity contribution in [3.05, 3.63) is 71.4 Å². The number of nitrogens with one attached hydrogen (secondary N) is 2. The fraction of sp³-hybridized carbons (Fsp3) is 0.438. The third-order valence-corrected chi connectivity index (χ3v) is 6.93. The number of alkyl carbamates (subject to hydrolysis) is 1. The zero-order valence-electron chi connectivity index (χ0n) is 24.4. The molecule has 2 unspecified atom stereocenters. The molecule has 0 spiro atoms. The van der Waals surface area contributed by atoms with Gasteiger partial charge in [-0.3, -0.25) is 14.6 Å². The topological polar surface area (TPSA) is 116 Å². The quantitative estimate of drug-likeness (QED) is 0.350. The van der Waals surface area contributed by atoms with Gasteiger partial charge in [0.1, 0.15) is 18.0 Å². The van der Waals surface area contributed by atoms with E-state index < -0.39 is 35.7 Å². The second-order valence-electron chi connectivity index (χ2n) is 11.3. The number of amides is 2. The van der Waals surface area contributed by atoms with Crippen LogP contribution in [-0.4, -0.2) is 47.2 Å². The lowest BCUT2D eigenvalue weighted by atomic mass is 9.80. The zero-order valence-corrected chi connectivity index (χ0v) is 24.4. The number of para-hydroxylation sites is 1. The zero-order chi connectivity index (χ0) is 29.6. The highest BCUT2D eigenvalue weighted by Gasteiger charge is 2.40. The maximum Gasteiger partial charge on any atom is 0.407 e. The maximum absolute atomic E-state index is 13.3. The molecule has 4 rings (SSSR count). The summed E-state index contributed by atoms with van der Waals surface area (Å²) >= 11 is 0. The van der Waals surface area contributed by atoms with E-state index >= 15 is 0 Å². The van der Waals surface area contributed by atoms with Gasteiger partial charge in [-0.05, 0) is 83.9 Å². The molecule has 1 saturated carbocycles. The van der Waals surface area contributed by atoms with E-state index in [1.807, 2.05) is 37.3 Å². The van der Waals surface area contributed by atoms with Gasteiger partial charge in [-0.2, -0.15) is 0 Å². The van der Waals surface area contributed by atoms with Crippen LogP contribution < -0.4 is 15.4 Å². The highest BCUT2D eigenvalue weighted by atomic mass is 16.6. The number of aromatic nitrogens is 1. The van der Waals surface area contributed by atoms with Crippen molar-refractivity contribution in [3.63, 3.8) is 0 Å². The summed E-state index contributed by atoms with van der Waals surface area (Å²) < 4.78 is 16.7. The van der Waals surface area contributed by atoms with Gasteiger partial charge in [-0.15, -0.1) is 0 Å². The average Bonchev–Trinajstić information content (AvgIpc) is 2.91.